The van der Waals surface area contributed by atoms with Crippen molar-refractivity contribution in [2.24, 2.45) is 0 Å². The number of carbonyl (C=O) groups is 2. The Bertz CT molecular complexity index is 1300. The molecule has 0 unspecified atom stereocenters. The van der Waals surface area contributed by atoms with Crippen LogP contribution in [0.25, 0.3) is 0 Å². The molecule has 0 saturated carbocycles. The number of para-hydroxylation sites is 2. The number of sulfonamides is 1. The lowest BCUT2D eigenvalue weighted by atomic mass is 10.2. The van der Waals surface area contributed by atoms with Crippen molar-refractivity contribution < 1.29 is 22.7 Å². The van der Waals surface area contributed by atoms with Crippen molar-refractivity contribution in [2.45, 2.75) is 16.7 Å². The molecule has 1 aliphatic rings. The molecule has 0 bridgehead atoms. The molecule has 7 nitrogen and oxygen atoms in total. The van der Waals surface area contributed by atoms with Crippen LogP contribution < -0.4 is 9.21 Å². The summed E-state index contributed by atoms with van der Waals surface area (Å²) in [6.45, 7) is 2.06. The SMILES string of the molecule is CCN(c1ccccc1)S(=O)(=O)c1cccc(C(=O)OCC(=O)N2CCSc3ccccc32)c1. The third-order valence-electron chi connectivity index (χ3n) is 5.35. The summed E-state index contributed by atoms with van der Waals surface area (Å²) in [6.07, 6.45) is 0. The number of thioether (sulfide) groups is 1. The van der Waals surface area contributed by atoms with Gasteiger partial charge in [-0.15, -0.1) is 11.8 Å². The van der Waals surface area contributed by atoms with Crippen molar-refractivity contribution in [3.8, 4) is 0 Å². The second-order valence-electron chi connectivity index (χ2n) is 7.47. The smallest absolute Gasteiger partial charge is 0.338 e. The van der Waals surface area contributed by atoms with Crippen LogP contribution in [0.4, 0.5) is 11.4 Å². The van der Waals surface area contributed by atoms with E-state index in [1.165, 1.54) is 28.6 Å². The Morgan fingerprint density at radius 2 is 1.74 bits per heavy atom. The highest BCUT2D eigenvalue weighted by molar-refractivity contribution is 7.99. The molecule has 3 aromatic carbocycles. The summed E-state index contributed by atoms with van der Waals surface area (Å²) in [7, 11) is -3.89. The summed E-state index contributed by atoms with van der Waals surface area (Å²) in [5, 5.41) is 0. The topological polar surface area (TPSA) is 84.0 Å². The van der Waals surface area contributed by atoms with Gasteiger partial charge in [-0.1, -0.05) is 36.4 Å². The first-order valence-corrected chi connectivity index (χ1v) is 13.2. The van der Waals surface area contributed by atoms with E-state index in [0.717, 1.165) is 16.3 Å². The van der Waals surface area contributed by atoms with Crippen LogP contribution in [-0.2, 0) is 19.6 Å². The maximum absolute atomic E-state index is 13.2. The molecule has 0 N–H and O–H groups in total. The lowest BCUT2D eigenvalue weighted by molar-refractivity contribution is -0.121. The van der Waals surface area contributed by atoms with Gasteiger partial charge in [0, 0.05) is 23.7 Å². The maximum atomic E-state index is 13.2. The summed E-state index contributed by atoms with van der Waals surface area (Å²) >= 11 is 1.67. The lowest BCUT2D eigenvalue weighted by Gasteiger charge is -2.28. The maximum Gasteiger partial charge on any atom is 0.338 e. The molecule has 176 valence electrons. The Morgan fingerprint density at radius 3 is 2.50 bits per heavy atom. The molecule has 0 spiro atoms. The largest absolute Gasteiger partial charge is 0.452 e. The van der Waals surface area contributed by atoms with Gasteiger partial charge in [0.05, 0.1) is 21.8 Å². The van der Waals surface area contributed by atoms with Gasteiger partial charge in [-0.05, 0) is 49.4 Å². The highest BCUT2D eigenvalue weighted by Crippen LogP contribution is 2.34. The Balaban J connectivity index is 1.48. The van der Waals surface area contributed by atoms with E-state index >= 15 is 0 Å². The van der Waals surface area contributed by atoms with E-state index in [2.05, 4.69) is 0 Å². The number of ether oxygens (including phenoxy) is 1. The molecule has 0 aliphatic carbocycles. The molecular weight excluding hydrogens is 472 g/mol. The van der Waals surface area contributed by atoms with Crippen molar-refractivity contribution in [1.82, 2.24) is 0 Å². The molecule has 34 heavy (non-hydrogen) atoms. The molecule has 0 atom stereocenters. The van der Waals surface area contributed by atoms with Crippen LogP contribution in [-0.4, -0.2) is 45.7 Å². The summed E-state index contributed by atoms with van der Waals surface area (Å²) < 4.78 is 33.0. The average Bonchev–Trinajstić information content (AvgIpc) is 2.87. The predicted octanol–water partition coefficient (Wildman–Crippen LogP) is 4.20. The van der Waals surface area contributed by atoms with Crippen LogP contribution in [0.15, 0.2) is 88.7 Å². The average molecular weight is 497 g/mol. The predicted molar refractivity (Wildman–Crippen MR) is 133 cm³/mol. The van der Waals surface area contributed by atoms with Crippen LogP contribution in [0, 0.1) is 0 Å². The van der Waals surface area contributed by atoms with Crippen LogP contribution in [0.5, 0.6) is 0 Å². The van der Waals surface area contributed by atoms with Crippen LogP contribution in [0.2, 0.25) is 0 Å². The summed E-state index contributed by atoms with van der Waals surface area (Å²) in [5.74, 6) is -0.328. The van der Waals surface area contributed by atoms with E-state index < -0.39 is 22.6 Å². The number of hydrogen-bond acceptors (Lipinski definition) is 6. The van der Waals surface area contributed by atoms with Gasteiger partial charge >= 0.3 is 5.97 Å². The van der Waals surface area contributed by atoms with E-state index in [0.29, 0.717) is 12.2 Å². The fraction of sp³-hybridized carbons (Fsp3) is 0.200. The lowest BCUT2D eigenvalue weighted by Crippen LogP contribution is -2.38. The van der Waals surface area contributed by atoms with Gasteiger partial charge < -0.3 is 9.64 Å². The second-order valence-corrected chi connectivity index (χ2v) is 10.5. The quantitative estimate of drug-likeness (QED) is 0.456. The van der Waals surface area contributed by atoms with E-state index in [9.17, 15) is 18.0 Å². The number of fused-ring (bicyclic) bond motifs is 1. The minimum Gasteiger partial charge on any atom is -0.452 e. The van der Waals surface area contributed by atoms with E-state index in [4.69, 9.17) is 4.74 Å². The Labute approximate surface area is 203 Å². The number of hydrogen-bond donors (Lipinski definition) is 0. The van der Waals surface area contributed by atoms with Gasteiger partial charge in [0.1, 0.15) is 0 Å². The number of anilines is 2. The highest BCUT2D eigenvalue weighted by Gasteiger charge is 2.26. The number of carbonyl (C=O) groups excluding carboxylic acids is 2. The molecule has 4 rings (SSSR count). The molecule has 0 radical (unpaired) electrons. The van der Waals surface area contributed by atoms with E-state index in [-0.39, 0.29) is 22.9 Å². The third-order valence-corrected chi connectivity index (χ3v) is 8.29. The highest BCUT2D eigenvalue weighted by atomic mass is 32.2. The van der Waals surface area contributed by atoms with Gasteiger partial charge in [0.25, 0.3) is 15.9 Å². The van der Waals surface area contributed by atoms with Gasteiger partial charge in [0.15, 0.2) is 6.61 Å². The number of nitrogens with zero attached hydrogens (tertiary/aromatic N) is 2. The summed E-state index contributed by atoms with van der Waals surface area (Å²) in [4.78, 5) is 28.0. The normalized spacial score (nSPS) is 13.1. The zero-order chi connectivity index (χ0) is 24.1. The van der Waals surface area contributed by atoms with Crippen molar-refractivity contribution >= 4 is 45.0 Å². The van der Waals surface area contributed by atoms with Crippen molar-refractivity contribution in [3.05, 3.63) is 84.4 Å². The molecular formula is C25H24N2O5S2. The first-order chi connectivity index (χ1) is 16.4. The van der Waals surface area contributed by atoms with Gasteiger partial charge in [0.2, 0.25) is 0 Å². The molecule has 0 fully saturated rings. The molecule has 1 aliphatic heterocycles. The first kappa shape index (κ1) is 23.8. The Morgan fingerprint density at radius 1 is 1.00 bits per heavy atom. The van der Waals surface area contributed by atoms with Gasteiger partial charge in [-0.3, -0.25) is 9.10 Å². The van der Waals surface area contributed by atoms with E-state index in [1.54, 1.807) is 47.9 Å². The van der Waals surface area contributed by atoms with Crippen molar-refractivity contribution in [1.29, 1.82) is 0 Å². The molecule has 1 heterocycles. The fourth-order valence-electron chi connectivity index (χ4n) is 3.71. The summed E-state index contributed by atoms with van der Waals surface area (Å²) in [6, 6.07) is 22.0. The van der Waals surface area contributed by atoms with Crippen LogP contribution in [0.3, 0.4) is 0 Å². The van der Waals surface area contributed by atoms with Crippen LogP contribution >= 0.6 is 11.8 Å². The Kier molecular flexibility index (Phi) is 7.23. The summed E-state index contributed by atoms with van der Waals surface area (Å²) in [5.41, 5.74) is 1.39. The number of amides is 1. The van der Waals surface area contributed by atoms with E-state index in [1.807, 2.05) is 30.3 Å². The molecule has 3 aromatic rings. The fourth-order valence-corrected chi connectivity index (χ4v) is 6.23. The minimum atomic E-state index is -3.89. The Hall–Kier alpha value is -3.30. The molecule has 1 amide bonds. The third kappa shape index (κ3) is 4.95. The number of rotatable bonds is 7. The molecule has 9 heteroatoms. The monoisotopic (exact) mass is 496 g/mol. The number of esters is 1. The van der Waals surface area contributed by atoms with Gasteiger partial charge in [-0.2, -0.15) is 0 Å². The standard InChI is InChI=1S/C25H24N2O5S2/c1-2-27(20-10-4-3-5-11-20)34(30,31)21-12-8-9-19(17-21)25(29)32-18-24(28)26-15-16-33-23-14-7-6-13-22(23)26/h3-14,17H,2,15-16,18H2,1H3. The van der Waals surface area contributed by atoms with Crippen molar-refractivity contribution in [2.75, 3.05) is 34.7 Å². The van der Waals surface area contributed by atoms with Crippen molar-refractivity contribution in [3.63, 3.8) is 0 Å². The molecule has 0 saturated heterocycles. The minimum absolute atomic E-state index is 0.0269. The second kappa shape index (κ2) is 10.3. The number of benzene rings is 3. The first-order valence-electron chi connectivity index (χ1n) is 10.8. The molecule has 0 aromatic heterocycles. The zero-order valence-electron chi connectivity index (χ0n) is 18.6. The van der Waals surface area contributed by atoms with Crippen LogP contribution in [0.1, 0.15) is 17.3 Å². The van der Waals surface area contributed by atoms with Gasteiger partial charge in [-0.25, -0.2) is 13.2 Å². The zero-order valence-corrected chi connectivity index (χ0v) is 20.2.